The lowest BCUT2D eigenvalue weighted by Gasteiger charge is -2.17. The minimum Gasteiger partial charge on any atom is -0.497 e. The van der Waals surface area contributed by atoms with Crippen LogP contribution in [0.25, 0.3) is 0 Å². The van der Waals surface area contributed by atoms with Gasteiger partial charge >= 0.3 is 0 Å². The van der Waals surface area contributed by atoms with Crippen LogP contribution in [0, 0.1) is 5.82 Å². The van der Waals surface area contributed by atoms with Crippen molar-refractivity contribution in [2.24, 2.45) is 5.73 Å². The standard InChI is InChI=1S/C16H18FNO3/c1-19-11-7-8-12(16(9-11)20-2)14(18)10-21-15-6-4-3-5-13(15)17/h3-9,14H,10,18H2,1-2H3. The molecule has 0 aromatic heterocycles. The summed E-state index contributed by atoms with van der Waals surface area (Å²) in [6, 6.07) is 11.1. The third kappa shape index (κ3) is 3.64. The summed E-state index contributed by atoms with van der Waals surface area (Å²) in [7, 11) is 3.14. The van der Waals surface area contributed by atoms with Crippen molar-refractivity contribution in [1.82, 2.24) is 0 Å². The summed E-state index contributed by atoms with van der Waals surface area (Å²) in [5.74, 6) is 1.06. The second-order valence-electron chi connectivity index (χ2n) is 4.46. The second-order valence-corrected chi connectivity index (χ2v) is 4.46. The van der Waals surface area contributed by atoms with Crippen molar-refractivity contribution in [2.45, 2.75) is 6.04 Å². The molecule has 0 amide bonds. The van der Waals surface area contributed by atoms with Crippen LogP contribution in [0.4, 0.5) is 4.39 Å². The highest BCUT2D eigenvalue weighted by Gasteiger charge is 2.14. The molecule has 0 aliphatic rings. The average Bonchev–Trinajstić information content (AvgIpc) is 2.53. The number of hydrogen-bond donors (Lipinski definition) is 1. The van der Waals surface area contributed by atoms with E-state index in [1.165, 1.54) is 6.07 Å². The van der Waals surface area contributed by atoms with E-state index in [2.05, 4.69) is 0 Å². The molecule has 2 rings (SSSR count). The van der Waals surface area contributed by atoms with E-state index in [4.69, 9.17) is 19.9 Å². The smallest absolute Gasteiger partial charge is 0.165 e. The summed E-state index contributed by atoms with van der Waals surface area (Å²) in [4.78, 5) is 0. The lowest BCUT2D eigenvalue weighted by atomic mass is 10.1. The fourth-order valence-electron chi connectivity index (χ4n) is 1.96. The van der Waals surface area contributed by atoms with Gasteiger partial charge in [-0.2, -0.15) is 0 Å². The summed E-state index contributed by atoms with van der Waals surface area (Å²) < 4.78 is 29.3. The predicted molar refractivity (Wildman–Crippen MR) is 78.4 cm³/mol. The van der Waals surface area contributed by atoms with E-state index in [0.29, 0.717) is 11.5 Å². The Morgan fingerprint density at radius 2 is 1.81 bits per heavy atom. The zero-order valence-electron chi connectivity index (χ0n) is 12.0. The number of halogens is 1. The van der Waals surface area contributed by atoms with Gasteiger partial charge in [-0.15, -0.1) is 0 Å². The van der Waals surface area contributed by atoms with Crippen molar-refractivity contribution in [3.8, 4) is 17.2 Å². The van der Waals surface area contributed by atoms with Gasteiger partial charge in [0.05, 0.1) is 20.3 Å². The summed E-state index contributed by atoms with van der Waals surface area (Å²) >= 11 is 0. The lowest BCUT2D eigenvalue weighted by Crippen LogP contribution is -2.20. The molecule has 1 atom stereocenters. The first-order valence-electron chi connectivity index (χ1n) is 6.50. The summed E-state index contributed by atoms with van der Waals surface area (Å²) in [6.45, 7) is 0.142. The Labute approximate surface area is 123 Å². The second kappa shape index (κ2) is 6.95. The van der Waals surface area contributed by atoms with Crippen LogP contribution in [0.1, 0.15) is 11.6 Å². The highest BCUT2D eigenvalue weighted by atomic mass is 19.1. The third-order valence-electron chi connectivity index (χ3n) is 3.10. The number of nitrogens with two attached hydrogens (primary N) is 1. The number of para-hydroxylation sites is 1. The zero-order valence-corrected chi connectivity index (χ0v) is 12.0. The van der Waals surface area contributed by atoms with Crippen LogP contribution in [0.15, 0.2) is 42.5 Å². The maximum atomic E-state index is 13.5. The average molecular weight is 291 g/mol. The van der Waals surface area contributed by atoms with Gasteiger partial charge in [0.15, 0.2) is 11.6 Å². The summed E-state index contributed by atoms with van der Waals surface area (Å²) in [5.41, 5.74) is 6.87. The Morgan fingerprint density at radius 1 is 1.05 bits per heavy atom. The van der Waals surface area contributed by atoms with Crippen LogP contribution in [-0.4, -0.2) is 20.8 Å². The van der Waals surface area contributed by atoms with Crippen molar-refractivity contribution in [3.05, 3.63) is 53.8 Å². The van der Waals surface area contributed by atoms with Gasteiger partial charge < -0.3 is 19.9 Å². The number of ether oxygens (including phenoxy) is 3. The molecule has 0 saturated heterocycles. The first kappa shape index (κ1) is 15.1. The molecule has 112 valence electrons. The third-order valence-corrected chi connectivity index (χ3v) is 3.10. The lowest BCUT2D eigenvalue weighted by molar-refractivity contribution is 0.274. The first-order valence-corrected chi connectivity index (χ1v) is 6.50. The van der Waals surface area contributed by atoms with Gasteiger partial charge in [-0.25, -0.2) is 4.39 Å². The number of methoxy groups -OCH3 is 2. The van der Waals surface area contributed by atoms with E-state index in [1.807, 2.05) is 6.07 Å². The highest BCUT2D eigenvalue weighted by Crippen LogP contribution is 2.29. The molecule has 0 aliphatic carbocycles. The number of hydrogen-bond acceptors (Lipinski definition) is 4. The maximum Gasteiger partial charge on any atom is 0.165 e. The topological polar surface area (TPSA) is 53.7 Å². The molecule has 0 heterocycles. The minimum absolute atomic E-state index is 0.142. The Hall–Kier alpha value is -2.27. The van der Waals surface area contributed by atoms with E-state index in [1.54, 1.807) is 44.6 Å². The molecule has 5 heteroatoms. The van der Waals surface area contributed by atoms with Gasteiger partial charge in [-0.1, -0.05) is 12.1 Å². The SMILES string of the molecule is COc1ccc(C(N)COc2ccccc2F)c(OC)c1. The van der Waals surface area contributed by atoms with Crippen LogP contribution >= 0.6 is 0 Å². The van der Waals surface area contributed by atoms with Crippen LogP contribution in [0.2, 0.25) is 0 Å². The van der Waals surface area contributed by atoms with Crippen LogP contribution < -0.4 is 19.9 Å². The van der Waals surface area contributed by atoms with Crippen molar-refractivity contribution in [1.29, 1.82) is 0 Å². The molecule has 0 fully saturated rings. The molecule has 0 radical (unpaired) electrons. The molecule has 0 spiro atoms. The zero-order chi connectivity index (χ0) is 15.2. The van der Waals surface area contributed by atoms with Gasteiger partial charge in [0, 0.05) is 11.6 Å². The first-order chi connectivity index (χ1) is 10.2. The largest absolute Gasteiger partial charge is 0.497 e. The van der Waals surface area contributed by atoms with Gasteiger partial charge in [-0.3, -0.25) is 0 Å². The molecule has 0 saturated carbocycles. The van der Waals surface area contributed by atoms with Gasteiger partial charge in [-0.05, 0) is 24.3 Å². The van der Waals surface area contributed by atoms with E-state index in [9.17, 15) is 4.39 Å². The van der Waals surface area contributed by atoms with Crippen LogP contribution in [-0.2, 0) is 0 Å². The molecule has 2 N–H and O–H groups in total. The molecule has 0 bridgehead atoms. The summed E-state index contributed by atoms with van der Waals surface area (Å²) in [6.07, 6.45) is 0. The molecular weight excluding hydrogens is 273 g/mol. The highest BCUT2D eigenvalue weighted by molar-refractivity contribution is 5.42. The molecular formula is C16H18FNO3. The summed E-state index contributed by atoms with van der Waals surface area (Å²) in [5, 5.41) is 0. The van der Waals surface area contributed by atoms with E-state index >= 15 is 0 Å². The Kier molecular flexibility index (Phi) is 5.00. The Bertz CT molecular complexity index is 604. The van der Waals surface area contributed by atoms with Gasteiger partial charge in [0.25, 0.3) is 0 Å². The fourth-order valence-corrected chi connectivity index (χ4v) is 1.96. The number of benzene rings is 2. The molecule has 2 aromatic carbocycles. The maximum absolute atomic E-state index is 13.5. The normalized spacial score (nSPS) is 11.8. The Balaban J connectivity index is 2.10. The molecule has 21 heavy (non-hydrogen) atoms. The van der Waals surface area contributed by atoms with Gasteiger partial charge in [0.2, 0.25) is 0 Å². The predicted octanol–water partition coefficient (Wildman–Crippen LogP) is 2.92. The van der Waals surface area contributed by atoms with Crippen LogP contribution in [0.5, 0.6) is 17.2 Å². The van der Waals surface area contributed by atoms with Gasteiger partial charge in [0.1, 0.15) is 18.1 Å². The monoisotopic (exact) mass is 291 g/mol. The fraction of sp³-hybridized carbons (Fsp3) is 0.250. The van der Waals surface area contributed by atoms with E-state index < -0.39 is 11.9 Å². The Morgan fingerprint density at radius 3 is 2.48 bits per heavy atom. The minimum atomic E-state index is -0.439. The van der Waals surface area contributed by atoms with Crippen molar-refractivity contribution >= 4 is 0 Å². The van der Waals surface area contributed by atoms with Crippen molar-refractivity contribution in [2.75, 3.05) is 20.8 Å². The molecule has 2 aromatic rings. The van der Waals surface area contributed by atoms with Crippen molar-refractivity contribution < 1.29 is 18.6 Å². The molecule has 0 aliphatic heterocycles. The molecule has 1 unspecified atom stereocenters. The quantitative estimate of drug-likeness (QED) is 0.889. The van der Waals surface area contributed by atoms with Crippen molar-refractivity contribution in [3.63, 3.8) is 0 Å². The number of rotatable bonds is 6. The van der Waals surface area contributed by atoms with Crippen LogP contribution in [0.3, 0.4) is 0 Å². The van der Waals surface area contributed by atoms with E-state index in [-0.39, 0.29) is 12.4 Å². The van der Waals surface area contributed by atoms with E-state index in [0.717, 1.165) is 5.56 Å². The molecule has 4 nitrogen and oxygen atoms in total.